The topological polar surface area (TPSA) is 134 Å². The van der Waals surface area contributed by atoms with E-state index in [4.69, 9.17) is 9.97 Å². The normalized spacial score (nSPS) is 12.0. The number of halogens is 1. The first-order valence-corrected chi connectivity index (χ1v) is 12.8. The number of pyridine rings is 2. The van der Waals surface area contributed by atoms with Crippen LogP contribution >= 0.6 is 0 Å². The van der Waals surface area contributed by atoms with Crippen molar-refractivity contribution in [3.63, 3.8) is 0 Å². The van der Waals surface area contributed by atoms with Crippen LogP contribution in [-0.2, 0) is 0 Å². The third kappa shape index (κ3) is 5.67. The number of nitrogens with one attached hydrogen (secondary N) is 3. The van der Waals surface area contributed by atoms with Crippen LogP contribution in [0, 0.1) is 5.82 Å². The van der Waals surface area contributed by atoms with E-state index < -0.39 is 0 Å². The zero-order valence-corrected chi connectivity index (χ0v) is 22.6. The second-order valence-electron chi connectivity index (χ2n) is 9.61. The fraction of sp³-hybridized carbons (Fsp3) is 0.250. The Morgan fingerprint density at radius 3 is 2.77 bits per heavy atom. The SMILES string of the molecule is C=NN(C)/C=C(\CCO)c1ccc2[nH]nc(-c3nc4c(-c5cc(F)cc(NCCN(C)C)c5)ccnc4[nH]3)c2n1. The average molecular weight is 543 g/mol. The van der Waals surface area contributed by atoms with Gasteiger partial charge in [0.1, 0.15) is 16.9 Å². The molecule has 0 fully saturated rings. The van der Waals surface area contributed by atoms with E-state index in [2.05, 4.69) is 42.2 Å². The van der Waals surface area contributed by atoms with E-state index in [0.29, 0.717) is 58.1 Å². The van der Waals surface area contributed by atoms with Gasteiger partial charge >= 0.3 is 0 Å². The van der Waals surface area contributed by atoms with Crippen molar-refractivity contribution in [3.05, 3.63) is 60.3 Å². The van der Waals surface area contributed by atoms with Crippen molar-refractivity contribution in [3.8, 4) is 22.6 Å². The Bertz CT molecular complexity index is 1690. The molecule has 5 aromatic rings. The van der Waals surface area contributed by atoms with Crippen LogP contribution in [0.25, 0.3) is 50.4 Å². The minimum Gasteiger partial charge on any atom is -0.396 e. The van der Waals surface area contributed by atoms with Gasteiger partial charge in [0.15, 0.2) is 17.2 Å². The minimum atomic E-state index is -0.343. The van der Waals surface area contributed by atoms with Gasteiger partial charge in [-0.15, -0.1) is 0 Å². The lowest BCUT2D eigenvalue weighted by Crippen LogP contribution is -2.20. The summed E-state index contributed by atoms with van der Waals surface area (Å²) >= 11 is 0. The van der Waals surface area contributed by atoms with Crippen molar-refractivity contribution in [2.24, 2.45) is 5.10 Å². The van der Waals surface area contributed by atoms with E-state index in [9.17, 15) is 9.50 Å². The number of imidazole rings is 1. The molecule has 0 amide bonds. The number of hydrogen-bond donors (Lipinski definition) is 4. The summed E-state index contributed by atoms with van der Waals surface area (Å²) in [4.78, 5) is 19.4. The van der Waals surface area contributed by atoms with Crippen molar-refractivity contribution < 1.29 is 9.50 Å². The number of fused-ring (bicyclic) bond motifs is 2. The van der Waals surface area contributed by atoms with Gasteiger partial charge in [-0.2, -0.15) is 10.2 Å². The molecule has 0 aliphatic heterocycles. The molecule has 40 heavy (non-hydrogen) atoms. The molecule has 4 N–H and O–H groups in total. The van der Waals surface area contributed by atoms with Crippen molar-refractivity contribution in [2.45, 2.75) is 6.42 Å². The molecule has 0 saturated heterocycles. The van der Waals surface area contributed by atoms with Crippen LogP contribution in [0.2, 0.25) is 0 Å². The zero-order valence-electron chi connectivity index (χ0n) is 22.6. The monoisotopic (exact) mass is 542 g/mol. The number of anilines is 1. The van der Waals surface area contributed by atoms with Crippen molar-refractivity contribution in [2.75, 3.05) is 46.2 Å². The molecule has 0 spiro atoms. The van der Waals surface area contributed by atoms with Gasteiger partial charge < -0.3 is 20.3 Å². The van der Waals surface area contributed by atoms with E-state index in [1.165, 1.54) is 12.1 Å². The molecule has 0 saturated carbocycles. The number of aliphatic hydroxyl groups is 1. The van der Waals surface area contributed by atoms with Gasteiger partial charge in [-0.3, -0.25) is 10.1 Å². The van der Waals surface area contributed by atoms with Crippen LogP contribution in [0.3, 0.4) is 0 Å². The van der Waals surface area contributed by atoms with Gasteiger partial charge in [-0.1, -0.05) is 0 Å². The third-order valence-corrected chi connectivity index (χ3v) is 6.39. The van der Waals surface area contributed by atoms with Gasteiger partial charge in [0.2, 0.25) is 0 Å². The van der Waals surface area contributed by atoms with E-state index in [1.807, 2.05) is 38.4 Å². The molecule has 206 valence electrons. The minimum absolute atomic E-state index is 0.0419. The summed E-state index contributed by atoms with van der Waals surface area (Å²) in [7, 11) is 5.74. The molecule has 0 unspecified atom stereocenters. The number of aliphatic hydroxyl groups excluding tert-OH is 1. The highest BCUT2D eigenvalue weighted by atomic mass is 19.1. The summed E-state index contributed by atoms with van der Waals surface area (Å²) in [6, 6.07) is 10.4. The molecule has 0 bridgehead atoms. The summed E-state index contributed by atoms with van der Waals surface area (Å²) in [5, 5.41) is 25.8. The lowest BCUT2D eigenvalue weighted by atomic mass is 10.0. The molecule has 4 heterocycles. The highest BCUT2D eigenvalue weighted by Crippen LogP contribution is 2.32. The van der Waals surface area contributed by atoms with E-state index in [0.717, 1.165) is 23.2 Å². The molecule has 4 aromatic heterocycles. The van der Waals surface area contributed by atoms with Crippen molar-refractivity contribution >= 4 is 40.2 Å². The molecule has 11 nitrogen and oxygen atoms in total. The summed E-state index contributed by atoms with van der Waals surface area (Å²) in [6.07, 6.45) is 3.83. The van der Waals surface area contributed by atoms with Crippen LogP contribution < -0.4 is 5.32 Å². The van der Waals surface area contributed by atoms with Gasteiger partial charge in [-0.05, 0) is 68.1 Å². The van der Waals surface area contributed by atoms with Crippen LogP contribution in [-0.4, -0.2) is 92.7 Å². The maximum Gasteiger partial charge on any atom is 0.162 e. The Morgan fingerprint density at radius 1 is 1.15 bits per heavy atom. The number of hydrogen-bond acceptors (Lipinski definition) is 9. The summed E-state index contributed by atoms with van der Waals surface area (Å²) < 4.78 is 14.6. The number of aromatic nitrogens is 6. The van der Waals surface area contributed by atoms with E-state index >= 15 is 0 Å². The number of likely N-dealkylation sites (N-methyl/N-ethyl adjacent to an activating group) is 1. The van der Waals surface area contributed by atoms with E-state index in [-0.39, 0.29) is 12.4 Å². The first-order valence-electron chi connectivity index (χ1n) is 12.8. The van der Waals surface area contributed by atoms with E-state index in [1.54, 1.807) is 24.5 Å². The van der Waals surface area contributed by atoms with Crippen molar-refractivity contribution in [1.29, 1.82) is 0 Å². The predicted molar refractivity (Wildman–Crippen MR) is 156 cm³/mol. The first kappa shape index (κ1) is 26.9. The molecule has 0 atom stereocenters. The molecule has 0 radical (unpaired) electrons. The Labute approximate surface area is 230 Å². The zero-order chi connectivity index (χ0) is 28.2. The highest BCUT2D eigenvalue weighted by Gasteiger charge is 2.18. The fourth-order valence-corrected chi connectivity index (χ4v) is 4.42. The Balaban J connectivity index is 1.55. The number of H-pyrrole nitrogens is 2. The standard InChI is InChI=1S/C28H31FN10O/c1-30-39(4)16-17(8-12-40)22-5-6-23-25(33-22)26(37-36-23)28-34-24-21(7-9-32-27(24)35-28)18-13-19(29)15-20(14-18)31-10-11-38(2)3/h5-7,9,13-16,31,40H,1,8,10-12H2,2-4H3,(H,36,37)(H,32,34,35)/b17-16+. The molecule has 5 rings (SSSR count). The largest absolute Gasteiger partial charge is 0.396 e. The number of benzene rings is 1. The first-order chi connectivity index (χ1) is 19.4. The Morgan fingerprint density at radius 2 is 2.00 bits per heavy atom. The molecule has 0 aliphatic rings. The van der Waals surface area contributed by atoms with Crippen LogP contribution in [0.15, 0.2) is 53.9 Å². The quantitative estimate of drug-likeness (QED) is 0.146. The number of aromatic amines is 2. The van der Waals surface area contributed by atoms with Gasteiger partial charge in [0, 0.05) is 57.1 Å². The smallest absolute Gasteiger partial charge is 0.162 e. The maximum atomic E-state index is 14.6. The third-order valence-electron chi connectivity index (χ3n) is 6.39. The Kier molecular flexibility index (Phi) is 7.80. The maximum absolute atomic E-state index is 14.6. The lowest BCUT2D eigenvalue weighted by molar-refractivity contribution is 0.304. The number of nitrogens with zero attached hydrogens (tertiary/aromatic N) is 7. The van der Waals surface area contributed by atoms with Crippen LogP contribution in [0.5, 0.6) is 0 Å². The van der Waals surface area contributed by atoms with Gasteiger partial charge in [0.05, 0.1) is 11.2 Å². The lowest BCUT2D eigenvalue weighted by Gasteiger charge is -2.12. The van der Waals surface area contributed by atoms with Gasteiger partial charge in [0.25, 0.3) is 0 Å². The van der Waals surface area contributed by atoms with Crippen LogP contribution in [0.1, 0.15) is 12.1 Å². The van der Waals surface area contributed by atoms with Crippen LogP contribution in [0.4, 0.5) is 10.1 Å². The second kappa shape index (κ2) is 11.6. The molecule has 0 aliphatic carbocycles. The highest BCUT2D eigenvalue weighted by molar-refractivity contribution is 5.95. The number of rotatable bonds is 11. The predicted octanol–water partition coefficient (Wildman–Crippen LogP) is 3.95. The Hall–Kier alpha value is -4.68. The molecular weight excluding hydrogens is 511 g/mol. The van der Waals surface area contributed by atoms with Crippen molar-refractivity contribution in [1.82, 2.24) is 40.0 Å². The molecule has 12 heteroatoms. The molecular formula is C28H31FN10O. The fourth-order valence-electron chi connectivity index (χ4n) is 4.42. The number of hydrazone groups is 1. The summed E-state index contributed by atoms with van der Waals surface area (Å²) in [6.45, 7) is 4.99. The second-order valence-corrected chi connectivity index (χ2v) is 9.61. The summed E-state index contributed by atoms with van der Waals surface area (Å²) in [5.41, 5.74) is 6.57. The molecule has 1 aromatic carbocycles. The summed E-state index contributed by atoms with van der Waals surface area (Å²) in [5.74, 6) is 0.133. The average Bonchev–Trinajstić information content (AvgIpc) is 3.55. The van der Waals surface area contributed by atoms with Gasteiger partial charge in [-0.25, -0.2) is 19.3 Å².